The number of benzene rings is 1. The molecule has 88 valence electrons. The summed E-state index contributed by atoms with van der Waals surface area (Å²) in [5, 5.41) is 3.68. The SMILES string of the molecule is Cc1ccc(NC2CCCCCCC2)cc1. The largest absolute Gasteiger partial charge is 0.382 e. The summed E-state index contributed by atoms with van der Waals surface area (Å²) in [6, 6.07) is 9.47. The molecule has 1 N–H and O–H groups in total. The van der Waals surface area contributed by atoms with E-state index in [4.69, 9.17) is 0 Å². The van der Waals surface area contributed by atoms with Crippen LogP contribution in [0.5, 0.6) is 0 Å². The van der Waals surface area contributed by atoms with E-state index in [1.54, 1.807) is 0 Å². The van der Waals surface area contributed by atoms with Gasteiger partial charge in [0.15, 0.2) is 0 Å². The van der Waals surface area contributed by atoms with Crippen molar-refractivity contribution in [2.45, 2.75) is 57.9 Å². The Morgan fingerprint density at radius 1 is 0.875 bits per heavy atom. The minimum Gasteiger partial charge on any atom is -0.382 e. The summed E-state index contributed by atoms with van der Waals surface area (Å²) in [5.74, 6) is 0. The summed E-state index contributed by atoms with van der Waals surface area (Å²) in [6.07, 6.45) is 9.75. The van der Waals surface area contributed by atoms with Gasteiger partial charge in [0, 0.05) is 11.7 Å². The Morgan fingerprint density at radius 3 is 2.06 bits per heavy atom. The Labute approximate surface area is 99.3 Å². The van der Waals surface area contributed by atoms with Crippen LogP contribution in [0, 0.1) is 6.92 Å². The predicted molar refractivity (Wildman–Crippen MR) is 70.9 cm³/mol. The Morgan fingerprint density at radius 2 is 1.44 bits per heavy atom. The van der Waals surface area contributed by atoms with Crippen LogP contribution in [0.4, 0.5) is 5.69 Å². The first-order valence-corrected chi connectivity index (χ1v) is 6.68. The number of rotatable bonds is 2. The van der Waals surface area contributed by atoms with Crippen molar-refractivity contribution in [1.29, 1.82) is 0 Å². The summed E-state index contributed by atoms with van der Waals surface area (Å²) < 4.78 is 0. The molecular weight excluding hydrogens is 194 g/mol. The van der Waals surface area contributed by atoms with Gasteiger partial charge in [-0.05, 0) is 31.9 Å². The summed E-state index contributed by atoms with van der Waals surface area (Å²) in [6.45, 7) is 2.14. The van der Waals surface area contributed by atoms with E-state index < -0.39 is 0 Å². The predicted octanol–water partition coefficient (Wildman–Crippen LogP) is 4.52. The van der Waals surface area contributed by atoms with E-state index in [0.29, 0.717) is 6.04 Å². The molecule has 0 amide bonds. The Bertz CT molecular complexity index is 294. The van der Waals surface area contributed by atoms with Crippen molar-refractivity contribution in [3.63, 3.8) is 0 Å². The standard InChI is InChI=1S/C15H23N/c1-13-9-11-15(12-10-13)16-14-7-5-3-2-4-6-8-14/h9-12,14,16H,2-8H2,1H3. The number of anilines is 1. The second kappa shape index (κ2) is 5.93. The normalized spacial score (nSPS) is 18.8. The Hall–Kier alpha value is -0.980. The molecule has 0 atom stereocenters. The molecule has 0 bridgehead atoms. The molecule has 0 heterocycles. The molecule has 0 aromatic heterocycles. The van der Waals surface area contributed by atoms with Crippen LogP contribution in [0.3, 0.4) is 0 Å². The van der Waals surface area contributed by atoms with E-state index >= 15 is 0 Å². The fourth-order valence-electron chi connectivity index (χ4n) is 2.49. The van der Waals surface area contributed by atoms with E-state index in [1.165, 1.54) is 56.2 Å². The molecule has 1 aliphatic rings. The first-order valence-electron chi connectivity index (χ1n) is 6.68. The lowest BCUT2D eigenvalue weighted by Gasteiger charge is -2.22. The lowest BCUT2D eigenvalue weighted by atomic mass is 9.96. The van der Waals surface area contributed by atoms with Crippen molar-refractivity contribution >= 4 is 5.69 Å². The van der Waals surface area contributed by atoms with Gasteiger partial charge in [0.05, 0.1) is 0 Å². The van der Waals surface area contributed by atoms with Crippen LogP contribution in [0.15, 0.2) is 24.3 Å². The van der Waals surface area contributed by atoms with Crippen molar-refractivity contribution in [3.05, 3.63) is 29.8 Å². The molecule has 1 heteroatoms. The molecule has 0 radical (unpaired) electrons. The molecule has 1 saturated carbocycles. The van der Waals surface area contributed by atoms with Crippen LogP contribution in [0.25, 0.3) is 0 Å². The fourth-order valence-corrected chi connectivity index (χ4v) is 2.49. The van der Waals surface area contributed by atoms with Crippen LogP contribution in [-0.2, 0) is 0 Å². The van der Waals surface area contributed by atoms with Crippen molar-refractivity contribution < 1.29 is 0 Å². The van der Waals surface area contributed by atoms with E-state index in [-0.39, 0.29) is 0 Å². The molecule has 1 aromatic rings. The summed E-state index contributed by atoms with van der Waals surface area (Å²) in [4.78, 5) is 0. The summed E-state index contributed by atoms with van der Waals surface area (Å²) in [5.41, 5.74) is 2.62. The molecule has 0 spiro atoms. The molecule has 1 nitrogen and oxygen atoms in total. The summed E-state index contributed by atoms with van der Waals surface area (Å²) >= 11 is 0. The third-order valence-electron chi connectivity index (χ3n) is 3.53. The average Bonchev–Trinajstić information content (AvgIpc) is 2.25. The van der Waals surface area contributed by atoms with Crippen LogP contribution in [0.1, 0.15) is 50.5 Å². The van der Waals surface area contributed by atoms with Gasteiger partial charge in [0.25, 0.3) is 0 Å². The number of nitrogens with one attached hydrogen (secondary N) is 1. The van der Waals surface area contributed by atoms with Gasteiger partial charge >= 0.3 is 0 Å². The van der Waals surface area contributed by atoms with Crippen molar-refractivity contribution in [1.82, 2.24) is 0 Å². The maximum absolute atomic E-state index is 3.68. The highest BCUT2D eigenvalue weighted by molar-refractivity contribution is 5.45. The maximum atomic E-state index is 3.68. The van der Waals surface area contributed by atoms with E-state index in [0.717, 1.165) is 0 Å². The van der Waals surface area contributed by atoms with E-state index in [1.807, 2.05) is 0 Å². The van der Waals surface area contributed by atoms with Crippen molar-refractivity contribution in [2.75, 3.05) is 5.32 Å². The molecule has 0 unspecified atom stereocenters. The molecule has 2 rings (SSSR count). The fraction of sp³-hybridized carbons (Fsp3) is 0.600. The van der Waals surface area contributed by atoms with Gasteiger partial charge in [-0.1, -0.05) is 49.8 Å². The maximum Gasteiger partial charge on any atom is 0.0342 e. The monoisotopic (exact) mass is 217 g/mol. The van der Waals surface area contributed by atoms with Crippen LogP contribution in [0.2, 0.25) is 0 Å². The third kappa shape index (κ3) is 3.55. The minimum atomic E-state index is 0.697. The van der Waals surface area contributed by atoms with Crippen LogP contribution < -0.4 is 5.32 Å². The van der Waals surface area contributed by atoms with E-state index in [2.05, 4.69) is 36.5 Å². The molecule has 0 aliphatic heterocycles. The number of hydrogen-bond donors (Lipinski definition) is 1. The zero-order valence-corrected chi connectivity index (χ0v) is 10.3. The van der Waals surface area contributed by atoms with Crippen LogP contribution in [-0.4, -0.2) is 6.04 Å². The summed E-state index contributed by atoms with van der Waals surface area (Å²) in [7, 11) is 0. The molecule has 1 aliphatic carbocycles. The van der Waals surface area contributed by atoms with Gasteiger partial charge in [-0.15, -0.1) is 0 Å². The van der Waals surface area contributed by atoms with Crippen molar-refractivity contribution in [3.8, 4) is 0 Å². The van der Waals surface area contributed by atoms with Gasteiger partial charge in [-0.25, -0.2) is 0 Å². The van der Waals surface area contributed by atoms with Gasteiger partial charge in [-0.2, -0.15) is 0 Å². The minimum absolute atomic E-state index is 0.697. The zero-order chi connectivity index (χ0) is 11.2. The smallest absolute Gasteiger partial charge is 0.0342 e. The van der Waals surface area contributed by atoms with Gasteiger partial charge in [0.1, 0.15) is 0 Å². The quantitative estimate of drug-likeness (QED) is 0.768. The van der Waals surface area contributed by atoms with Gasteiger partial charge in [-0.3, -0.25) is 0 Å². The number of hydrogen-bond acceptors (Lipinski definition) is 1. The second-order valence-corrected chi connectivity index (χ2v) is 5.05. The van der Waals surface area contributed by atoms with Crippen molar-refractivity contribution in [2.24, 2.45) is 0 Å². The highest BCUT2D eigenvalue weighted by atomic mass is 14.9. The Balaban J connectivity index is 1.89. The van der Waals surface area contributed by atoms with Gasteiger partial charge in [0.2, 0.25) is 0 Å². The first-order chi connectivity index (χ1) is 7.84. The molecule has 0 saturated heterocycles. The zero-order valence-electron chi connectivity index (χ0n) is 10.3. The molecule has 1 fully saturated rings. The highest BCUT2D eigenvalue weighted by Crippen LogP contribution is 2.20. The lowest BCUT2D eigenvalue weighted by Crippen LogP contribution is -2.20. The molecule has 16 heavy (non-hydrogen) atoms. The first kappa shape index (κ1) is 11.5. The van der Waals surface area contributed by atoms with Gasteiger partial charge < -0.3 is 5.32 Å². The molecular formula is C15H23N. The lowest BCUT2D eigenvalue weighted by molar-refractivity contribution is 0.471. The van der Waals surface area contributed by atoms with Crippen LogP contribution >= 0.6 is 0 Å². The Kier molecular flexibility index (Phi) is 4.26. The topological polar surface area (TPSA) is 12.0 Å². The molecule has 1 aromatic carbocycles. The third-order valence-corrected chi connectivity index (χ3v) is 3.53. The van der Waals surface area contributed by atoms with E-state index in [9.17, 15) is 0 Å². The second-order valence-electron chi connectivity index (χ2n) is 5.05. The number of aryl methyl sites for hydroxylation is 1. The highest BCUT2D eigenvalue weighted by Gasteiger charge is 2.10. The average molecular weight is 217 g/mol.